The molecule has 0 saturated heterocycles. The van der Waals surface area contributed by atoms with Crippen molar-refractivity contribution in [3.8, 4) is 0 Å². The van der Waals surface area contributed by atoms with E-state index in [0.29, 0.717) is 0 Å². The molecule has 0 unspecified atom stereocenters. The van der Waals surface area contributed by atoms with E-state index in [-0.39, 0.29) is 0 Å². The predicted octanol–water partition coefficient (Wildman–Crippen LogP) is 2.00. The fourth-order valence-corrected chi connectivity index (χ4v) is 1.58. The molecule has 1 aromatic carbocycles. The summed E-state index contributed by atoms with van der Waals surface area (Å²) in [6.07, 6.45) is 0. The summed E-state index contributed by atoms with van der Waals surface area (Å²) < 4.78 is 5.02. The summed E-state index contributed by atoms with van der Waals surface area (Å²) in [5.41, 5.74) is 2.23. The molecule has 0 radical (unpaired) electrons. The van der Waals surface area contributed by atoms with Crippen LogP contribution in [0, 0.1) is 6.92 Å². The van der Waals surface area contributed by atoms with E-state index in [4.69, 9.17) is 0 Å². The van der Waals surface area contributed by atoms with Gasteiger partial charge in [-0.15, -0.1) is 5.10 Å². The molecule has 0 spiro atoms. The van der Waals surface area contributed by atoms with Gasteiger partial charge in [-0.05, 0) is 30.1 Å². The van der Waals surface area contributed by atoms with Crippen LogP contribution in [0.5, 0.6) is 0 Å². The van der Waals surface area contributed by atoms with Crippen molar-refractivity contribution in [3.63, 3.8) is 0 Å². The fraction of sp³-hybridized carbons (Fsp3) is 0.143. The molecule has 2 aromatic rings. The molecular formula is C7H6N2S. The number of benzene rings is 1. The Hall–Kier alpha value is -0.960. The van der Waals surface area contributed by atoms with Crippen molar-refractivity contribution >= 4 is 21.7 Å². The molecule has 2 nitrogen and oxygen atoms in total. The maximum Gasteiger partial charge on any atom is 0.108 e. The Balaban J connectivity index is 2.95. The number of aryl methyl sites for hydroxylation is 1. The Bertz CT molecular complexity index is 353. The van der Waals surface area contributed by atoms with Crippen LogP contribution in [0.2, 0.25) is 0 Å². The zero-order valence-corrected chi connectivity index (χ0v) is 6.35. The summed E-state index contributed by atoms with van der Waals surface area (Å²) in [7, 11) is 0. The van der Waals surface area contributed by atoms with Gasteiger partial charge in [0.1, 0.15) is 5.52 Å². The fourth-order valence-electron chi connectivity index (χ4n) is 0.939. The minimum atomic E-state index is 1.03. The molecule has 50 valence electrons. The maximum atomic E-state index is 3.99. The van der Waals surface area contributed by atoms with Gasteiger partial charge in [0.15, 0.2) is 0 Å². The normalized spacial score (nSPS) is 10.5. The molecule has 0 bridgehead atoms. The van der Waals surface area contributed by atoms with Crippen molar-refractivity contribution in [2.75, 3.05) is 0 Å². The van der Waals surface area contributed by atoms with E-state index in [1.54, 1.807) is 0 Å². The van der Waals surface area contributed by atoms with Gasteiger partial charge in [-0.2, -0.15) is 0 Å². The quantitative estimate of drug-likeness (QED) is 0.574. The molecule has 0 amide bonds. The third-order valence-corrected chi connectivity index (χ3v) is 2.17. The van der Waals surface area contributed by atoms with E-state index >= 15 is 0 Å². The SMILES string of the molecule is Cc1cccc2snnc12. The topological polar surface area (TPSA) is 25.8 Å². The average molecular weight is 150 g/mol. The van der Waals surface area contributed by atoms with Gasteiger partial charge in [0.2, 0.25) is 0 Å². The zero-order chi connectivity index (χ0) is 6.97. The number of fused-ring (bicyclic) bond motifs is 1. The van der Waals surface area contributed by atoms with Gasteiger partial charge in [0.25, 0.3) is 0 Å². The minimum Gasteiger partial charge on any atom is -0.138 e. The lowest BCUT2D eigenvalue weighted by atomic mass is 10.2. The van der Waals surface area contributed by atoms with Crippen LogP contribution in [-0.4, -0.2) is 9.59 Å². The Labute approximate surface area is 62.7 Å². The zero-order valence-electron chi connectivity index (χ0n) is 5.53. The van der Waals surface area contributed by atoms with Gasteiger partial charge in [-0.3, -0.25) is 0 Å². The van der Waals surface area contributed by atoms with Gasteiger partial charge in [-0.1, -0.05) is 16.6 Å². The van der Waals surface area contributed by atoms with Crippen molar-refractivity contribution in [2.45, 2.75) is 6.92 Å². The lowest BCUT2D eigenvalue weighted by molar-refractivity contribution is 1.19. The van der Waals surface area contributed by atoms with Crippen LogP contribution in [0.1, 0.15) is 5.56 Å². The Morgan fingerprint density at radius 2 is 2.30 bits per heavy atom. The molecule has 2 rings (SSSR count). The largest absolute Gasteiger partial charge is 0.138 e. The van der Waals surface area contributed by atoms with E-state index in [2.05, 4.69) is 9.59 Å². The lowest BCUT2D eigenvalue weighted by Crippen LogP contribution is -1.73. The van der Waals surface area contributed by atoms with Crippen LogP contribution in [0.4, 0.5) is 0 Å². The highest BCUT2D eigenvalue weighted by Gasteiger charge is 1.97. The van der Waals surface area contributed by atoms with E-state index in [1.807, 2.05) is 25.1 Å². The van der Waals surface area contributed by atoms with Crippen molar-refractivity contribution < 1.29 is 0 Å². The predicted molar refractivity (Wildman–Crippen MR) is 42.2 cm³/mol. The molecule has 0 saturated carbocycles. The second kappa shape index (κ2) is 2.02. The Morgan fingerprint density at radius 1 is 1.40 bits per heavy atom. The third kappa shape index (κ3) is 0.708. The standard InChI is InChI=1S/C7H6N2S/c1-5-3-2-4-6-7(5)8-9-10-6/h2-4H,1H3. The number of nitrogens with zero attached hydrogens (tertiary/aromatic N) is 2. The van der Waals surface area contributed by atoms with Crippen LogP contribution in [0.25, 0.3) is 10.2 Å². The molecule has 0 aliphatic rings. The minimum absolute atomic E-state index is 1.03. The summed E-state index contributed by atoms with van der Waals surface area (Å²) >= 11 is 1.44. The maximum absolute atomic E-state index is 3.99. The first-order valence-corrected chi connectivity index (χ1v) is 3.83. The van der Waals surface area contributed by atoms with Gasteiger partial charge in [0.05, 0.1) is 4.70 Å². The first kappa shape index (κ1) is 5.80. The first-order valence-electron chi connectivity index (χ1n) is 3.05. The second-order valence-electron chi connectivity index (χ2n) is 2.19. The van der Waals surface area contributed by atoms with Crippen LogP contribution >= 0.6 is 11.5 Å². The molecule has 0 aliphatic carbocycles. The Morgan fingerprint density at radius 3 is 3.10 bits per heavy atom. The van der Waals surface area contributed by atoms with E-state index < -0.39 is 0 Å². The van der Waals surface area contributed by atoms with Gasteiger partial charge in [0, 0.05) is 0 Å². The molecule has 0 N–H and O–H groups in total. The first-order chi connectivity index (χ1) is 4.88. The monoisotopic (exact) mass is 150 g/mol. The van der Waals surface area contributed by atoms with Crippen LogP contribution in [0.3, 0.4) is 0 Å². The Kier molecular flexibility index (Phi) is 1.17. The molecule has 10 heavy (non-hydrogen) atoms. The van der Waals surface area contributed by atoms with Gasteiger partial charge in [-0.25, -0.2) is 0 Å². The summed E-state index contributed by atoms with van der Waals surface area (Å²) in [4.78, 5) is 0. The van der Waals surface area contributed by atoms with E-state index in [9.17, 15) is 0 Å². The van der Waals surface area contributed by atoms with Crippen LogP contribution in [0.15, 0.2) is 18.2 Å². The van der Waals surface area contributed by atoms with Gasteiger partial charge >= 0.3 is 0 Å². The number of hydrogen-bond acceptors (Lipinski definition) is 3. The summed E-state index contributed by atoms with van der Waals surface area (Å²) in [5, 5.41) is 3.99. The third-order valence-electron chi connectivity index (χ3n) is 1.48. The van der Waals surface area contributed by atoms with Crippen molar-refractivity contribution in [2.24, 2.45) is 0 Å². The smallest absolute Gasteiger partial charge is 0.108 e. The molecule has 0 atom stereocenters. The second-order valence-corrected chi connectivity index (χ2v) is 2.98. The van der Waals surface area contributed by atoms with Crippen molar-refractivity contribution in [1.29, 1.82) is 0 Å². The summed E-state index contributed by atoms with van der Waals surface area (Å²) in [5.74, 6) is 0. The molecule has 0 fully saturated rings. The highest BCUT2D eigenvalue weighted by Crippen LogP contribution is 2.17. The highest BCUT2D eigenvalue weighted by atomic mass is 32.1. The molecule has 1 aromatic heterocycles. The van der Waals surface area contributed by atoms with Crippen LogP contribution in [-0.2, 0) is 0 Å². The average Bonchev–Trinajstić information content (AvgIpc) is 2.36. The summed E-state index contributed by atoms with van der Waals surface area (Å²) in [6.45, 7) is 2.05. The van der Waals surface area contributed by atoms with Crippen molar-refractivity contribution in [3.05, 3.63) is 23.8 Å². The lowest BCUT2D eigenvalue weighted by Gasteiger charge is -1.88. The van der Waals surface area contributed by atoms with Gasteiger partial charge < -0.3 is 0 Å². The number of hydrogen-bond donors (Lipinski definition) is 0. The molecular weight excluding hydrogens is 144 g/mol. The number of aromatic nitrogens is 2. The highest BCUT2D eigenvalue weighted by molar-refractivity contribution is 7.12. The summed E-state index contributed by atoms with van der Waals surface area (Å²) in [6, 6.07) is 6.11. The molecule has 3 heteroatoms. The number of rotatable bonds is 0. The van der Waals surface area contributed by atoms with Crippen molar-refractivity contribution in [1.82, 2.24) is 9.59 Å². The molecule has 0 aliphatic heterocycles. The van der Waals surface area contributed by atoms with E-state index in [0.717, 1.165) is 5.52 Å². The van der Waals surface area contributed by atoms with E-state index in [1.165, 1.54) is 21.8 Å². The molecule has 1 heterocycles. The van der Waals surface area contributed by atoms with Crippen LogP contribution < -0.4 is 0 Å².